The van der Waals surface area contributed by atoms with E-state index in [0.717, 1.165) is 11.4 Å². The molecule has 1 saturated heterocycles. The highest BCUT2D eigenvalue weighted by atomic mass is 17.2. The Labute approximate surface area is 189 Å². The molecule has 172 valence electrons. The van der Waals surface area contributed by atoms with Crippen LogP contribution < -0.4 is 14.5 Å². The number of hydrogen-bond acceptors (Lipinski definition) is 6. The smallest absolute Gasteiger partial charge is 0.361 e. The zero-order valence-electron chi connectivity index (χ0n) is 19.5. The van der Waals surface area contributed by atoms with Crippen LogP contribution in [0.3, 0.4) is 0 Å². The maximum atomic E-state index is 12.8. The second-order valence-corrected chi connectivity index (χ2v) is 8.84. The van der Waals surface area contributed by atoms with E-state index in [0.29, 0.717) is 37.5 Å². The predicted octanol–water partition coefficient (Wildman–Crippen LogP) is 4.18. The Morgan fingerprint density at radius 2 is 1.59 bits per heavy atom. The molecule has 1 aliphatic rings. The van der Waals surface area contributed by atoms with Gasteiger partial charge in [-0.3, -0.25) is 9.68 Å². The summed E-state index contributed by atoms with van der Waals surface area (Å²) in [6.07, 6.45) is 0. The van der Waals surface area contributed by atoms with E-state index in [4.69, 9.17) is 14.5 Å². The van der Waals surface area contributed by atoms with Gasteiger partial charge >= 0.3 is 5.97 Å². The van der Waals surface area contributed by atoms with Crippen LogP contribution in [-0.4, -0.2) is 50.1 Å². The van der Waals surface area contributed by atoms with Crippen LogP contribution in [0.5, 0.6) is 11.5 Å². The van der Waals surface area contributed by atoms with Crippen LogP contribution in [0, 0.1) is 11.3 Å². The van der Waals surface area contributed by atoms with Crippen molar-refractivity contribution in [3.8, 4) is 11.5 Å². The van der Waals surface area contributed by atoms with Crippen molar-refractivity contribution in [2.45, 2.75) is 27.7 Å². The molecular weight excluding hydrogens is 408 g/mol. The van der Waals surface area contributed by atoms with E-state index < -0.39 is 11.4 Å². The molecule has 1 heterocycles. The Morgan fingerprint density at radius 3 is 2.19 bits per heavy atom. The molecule has 2 aromatic rings. The first kappa shape index (κ1) is 23.4. The third-order valence-corrected chi connectivity index (χ3v) is 6.27. The lowest BCUT2D eigenvalue weighted by Crippen LogP contribution is -2.48. The number of nitrogens with zero attached hydrogens (tertiary/aromatic N) is 2. The lowest BCUT2D eigenvalue weighted by molar-refractivity contribution is -0.226. The molecule has 2 aromatic carbocycles. The average Bonchev–Trinajstić information content (AvgIpc) is 2.82. The van der Waals surface area contributed by atoms with Crippen molar-refractivity contribution < 1.29 is 24.1 Å². The van der Waals surface area contributed by atoms with Gasteiger partial charge in [0.2, 0.25) is 0 Å². The second-order valence-electron chi connectivity index (χ2n) is 8.84. The summed E-state index contributed by atoms with van der Waals surface area (Å²) >= 11 is 0. The minimum absolute atomic E-state index is 0.0177. The van der Waals surface area contributed by atoms with E-state index in [1.807, 2.05) is 50.8 Å². The first-order valence-corrected chi connectivity index (χ1v) is 10.9. The molecule has 0 bridgehead atoms. The molecule has 0 unspecified atom stereocenters. The van der Waals surface area contributed by atoms with Crippen molar-refractivity contribution in [1.82, 2.24) is 4.90 Å². The van der Waals surface area contributed by atoms with Gasteiger partial charge in [-0.1, -0.05) is 19.9 Å². The summed E-state index contributed by atoms with van der Waals surface area (Å²) in [6, 6.07) is 14.6. The first-order valence-electron chi connectivity index (χ1n) is 10.9. The maximum Gasteiger partial charge on any atom is 0.361 e. The van der Waals surface area contributed by atoms with Crippen LogP contribution in [0.1, 0.15) is 38.1 Å². The molecule has 1 aliphatic heterocycles. The van der Waals surface area contributed by atoms with Crippen molar-refractivity contribution in [2.75, 3.05) is 38.2 Å². The largest absolute Gasteiger partial charge is 0.497 e. The van der Waals surface area contributed by atoms with Gasteiger partial charge in [-0.25, -0.2) is 9.68 Å². The summed E-state index contributed by atoms with van der Waals surface area (Å²) in [7, 11) is 1.60. The van der Waals surface area contributed by atoms with Gasteiger partial charge in [-0.15, -0.1) is 0 Å². The lowest BCUT2D eigenvalue weighted by Gasteiger charge is -2.36. The van der Waals surface area contributed by atoms with Gasteiger partial charge in [-0.2, -0.15) is 0 Å². The molecule has 1 fully saturated rings. The predicted molar refractivity (Wildman–Crippen MR) is 123 cm³/mol. The molecule has 1 amide bonds. The van der Waals surface area contributed by atoms with Gasteiger partial charge < -0.3 is 14.5 Å². The number of methoxy groups -OCH3 is 1. The Kier molecular flexibility index (Phi) is 7.28. The number of amides is 1. The third kappa shape index (κ3) is 5.33. The molecule has 0 N–H and O–H groups in total. The zero-order valence-corrected chi connectivity index (χ0v) is 19.5. The van der Waals surface area contributed by atoms with Crippen molar-refractivity contribution in [1.29, 1.82) is 0 Å². The lowest BCUT2D eigenvalue weighted by atomic mass is 9.81. The van der Waals surface area contributed by atoms with E-state index in [9.17, 15) is 9.59 Å². The van der Waals surface area contributed by atoms with Crippen LogP contribution >= 0.6 is 0 Å². The molecule has 0 radical (unpaired) electrons. The van der Waals surface area contributed by atoms with Gasteiger partial charge in [0.1, 0.15) is 5.75 Å². The van der Waals surface area contributed by atoms with Gasteiger partial charge in [0.25, 0.3) is 5.91 Å². The quantitative estimate of drug-likeness (QED) is 0.475. The summed E-state index contributed by atoms with van der Waals surface area (Å²) in [4.78, 5) is 39.5. The van der Waals surface area contributed by atoms with Crippen LogP contribution in [-0.2, 0) is 9.68 Å². The van der Waals surface area contributed by atoms with Crippen molar-refractivity contribution in [3.05, 3.63) is 54.1 Å². The number of piperazine rings is 1. The number of rotatable bonds is 7. The third-order valence-electron chi connectivity index (χ3n) is 6.27. The van der Waals surface area contributed by atoms with E-state index in [2.05, 4.69) is 4.90 Å². The Balaban J connectivity index is 1.56. The van der Waals surface area contributed by atoms with E-state index in [1.165, 1.54) is 0 Å². The number of carbonyl (C=O) groups excluding carboxylic acids is 2. The SMILES string of the molecule is COc1ccc(C(=O)N2CCN(c3cccc(OOC(=O)C(C)(C)C(C)C)c3)CC2)cc1. The van der Waals surface area contributed by atoms with Crippen molar-refractivity contribution in [3.63, 3.8) is 0 Å². The van der Waals surface area contributed by atoms with Crippen LogP contribution in [0.2, 0.25) is 0 Å². The molecule has 3 rings (SSSR count). The number of benzene rings is 2. The Hall–Kier alpha value is -3.22. The zero-order chi connectivity index (χ0) is 23.3. The minimum atomic E-state index is -0.635. The monoisotopic (exact) mass is 440 g/mol. The Bertz CT molecular complexity index is 932. The van der Waals surface area contributed by atoms with Gasteiger partial charge in [0.15, 0.2) is 5.75 Å². The van der Waals surface area contributed by atoms with Gasteiger partial charge in [-0.05, 0) is 56.2 Å². The van der Waals surface area contributed by atoms with Crippen molar-refractivity contribution >= 4 is 17.6 Å². The number of carbonyl (C=O) groups is 2. The second kappa shape index (κ2) is 9.94. The molecule has 0 aliphatic carbocycles. The molecule has 0 spiro atoms. The van der Waals surface area contributed by atoms with Crippen LogP contribution in [0.25, 0.3) is 0 Å². The molecule has 0 saturated carbocycles. The highest BCUT2D eigenvalue weighted by Gasteiger charge is 2.34. The highest BCUT2D eigenvalue weighted by Crippen LogP contribution is 2.29. The van der Waals surface area contributed by atoms with Crippen LogP contribution in [0.15, 0.2) is 48.5 Å². The first-order chi connectivity index (χ1) is 15.2. The van der Waals surface area contributed by atoms with Crippen LogP contribution in [0.4, 0.5) is 5.69 Å². The van der Waals surface area contributed by atoms with E-state index in [-0.39, 0.29) is 11.8 Å². The number of ether oxygens (including phenoxy) is 1. The topological polar surface area (TPSA) is 68.3 Å². The number of hydrogen-bond donors (Lipinski definition) is 0. The average molecular weight is 441 g/mol. The molecule has 7 heteroatoms. The van der Waals surface area contributed by atoms with Gasteiger partial charge in [0.05, 0.1) is 12.5 Å². The molecule has 0 aromatic heterocycles. The summed E-state index contributed by atoms with van der Waals surface area (Å²) in [5, 5.41) is 0. The number of anilines is 1. The standard InChI is InChI=1S/C25H32N2O5/c1-18(2)25(3,4)24(29)32-31-22-8-6-7-20(17-22)26-13-15-27(16-14-26)23(28)19-9-11-21(30-5)12-10-19/h6-12,17-18H,13-16H2,1-5H3. The summed E-state index contributed by atoms with van der Waals surface area (Å²) in [5.74, 6) is 0.938. The fraction of sp³-hybridized carbons (Fsp3) is 0.440. The minimum Gasteiger partial charge on any atom is -0.497 e. The maximum absolute atomic E-state index is 12.8. The highest BCUT2D eigenvalue weighted by molar-refractivity contribution is 5.94. The summed E-state index contributed by atoms with van der Waals surface area (Å²) in [6.45, 7) is 10.3. The molecule has 32 heavy (non-hydrogen) atoms. The fourth-order valence-corrected chi connectivity index (χ4v) is 3.25. The van der Waals surface area contributed by atoms with Gasteiger partial charge in [0, 0.05) is 43.5 Å². The summed E-state index contributed by atoms with van der Waals surface area (Å²) < 4.78 is 5.15. The molecule has 7 nitrogen and oxygen atoms in total. The fourth-order valence-electron chi connectivity index (χ4n) is 3.25. The van der Waals surface area contributed by atoms with E-state index >= 15 is 0 Å². The molecular formula is C25H32N2O5. The van der Waals surface area contributed by atoms with E-state index in [1.54, 1.807) is 37.4 Å². The Morgan fingerprint density at radius 1 is 0.938 bits per heavy atom. The normalized spacial score (nSPS) is 14.3. The molecule has 0 atom stereocenters. The summed E-state index contributed by atoms with van der Waals surface area (Å²) in [5.41, 5.74) is 0.976. The van der Waals surface area contributed by atoms with Crippen molar-refractivity contribution in [2.24, 2.45) is 11.3 Å².